The highest BCUT2D eigenvalue weighted by molar-refractivity contribution is 5.66. The molecule has 0 amide bonds. The summed E-state index contributed by atoms with van der Waals surface area (Å²) in [4.78, 5) is 10.4. The summed E-state index contributed by atoms with van der Waals surface area (Å²) in [5, 5.41) is 12.0. The Labute approximate surface area is 97.6 Å². The zero-order valence-electron chi connectivity index (χ0n) is 9.95. The average molecular weight is 225 g/mol. The van der Waals surface area contributed by atoms with Crippen LogP contribution in [0.3, 0.4) is 0 Å². The quantitative estimate of drug-likeness (QED) is 0.772. The number of hydrogen-bond acceptors (Lipinski definition) is 2. The SMILES string of the molecule is O=C(O)CCNC1CCC2CCCCC2C1. The van der Waals surface area contributed by atoms with Gasteiger partial charge in [-0.15, -0.1) is 0 Å². The molecule has 0 aliphatic heterocycles. The van der Waals surface area contributed by atoms with Gasteiger partial charge in [-0.1, -0.05) is 25.7 Å². The Morgan fingerprint density at radius 2 is 1.88 bits per heavy atom. The van der Waals surface area contributed by atoms with Gasteiger partial charge in [0.1, 0.15) is 0 Å². The summed E-state index contributed by atoms with van der Waals surface area (Å²) < 4.78 is 0. The maximum atomic E-state index is 10.4. The van der Waals surface area contributed by atoms with Crippen molar-refractivity contribution in [2.75, 3.05) is 6.54 Å². The van der Waals surface area contributed by atoms with Crippen LogP contribution in [0.15, 0.2) is 0 Å². The molecule has 0 aromatic rings. The fraction of sp³-hybridized carbons (Fsp3) is 0.923. The molecule has 0 heterocycles. The fourth-order valence-corrected chi connectivity index (χ4v) is 3.44. The Kier molecular flexibility index (Phi) is 4.22. The van der Waals surface area contributed by atoms with Crippen molar-refractivity contribution in [2.24, 2.45) is 11.8 Å². The van der Waals surface area contributed by atoms with E-state index in [1.807, 2.05) is 0 Å². The van der Waals surface area contributed by atoms with Crippen LogP contribution in [0.5, 0.6) is 0 Å². The van der Waals surface area contributed by atoms with E-state index in [-0.39, 0.29) is 6.42 Å². The van der Waals surface area contributed by atoms with Crippen LogP contribution in [0, 0.1) is 11.8 Å². The molecule has 2 rings (SSSR count). The molecule has 3 heteroatoms. The average Bonchev–Trinajstić information content (AvgIpc) is 2.28. The summed E-state index contributed by atoms with van der Waals surface area (Å²) in [6, 6.07) is 0.582. The predicted molar refractivity (Wildman–Crippen MR) is 63.3 cm³/mol. The highest BCUT2D eigenvalue weighted by atomic mass is 16.4. The van der Waals surface area contributed by atoms with Crippen LogP contribution in [-0.4, -0.2) is 23.7 Å². The summed E-state index contributed by atoms with van der Waals surface area (Å²) in [6.45, 7) is 0.636. The number of carboxylic acid groups (broad SMARTS) is 1. The van der Waals surface area contributed by atoms with E-state index in [0.29, 0.717) is 12.6 Å². The molecule has 2 fully saturated rings. The number of hydrogen-bond donors (Lipinski definition) is 2. The van der Waals surface area contributed by atoms with Crippen molar-refractivity contribution < 1.29 is 9.90 Å². The maximum absolute atomic E-state index is 10.4. The second-order valence-electron chi connectivity index (χ2n) is 5.41. The lowest BCUT2D eigenvalue weighted by atomic mass is 9.69. The summed E-state index contributed by atoms with van der Waals surface area (Å²) in [5.41, 5.74) is 0. The predicted octanol–water partition coefficient (Wildman–Crippen LogP) is 2.41. The Morgan fingerprint density at radius 3 is 2.62 bits per heavy atom. The molecule has 2 N–H and O–H groups in total. The summed E-state index contributed by atoms with van der Waals surface area (Å²) in [6.07, 6.45) is 9.82. The van der Waals surface area contributed by atoms with Gasteiger partial charge in [-0.25, -0.2) is 0 Å². The van der Waals surface area contributed by atoms with Crippen molar-refractivity contribution in [3.8, 4) is 0 Å². The first kappa shape index (κ1) is 11.9. The van der Waals surface area contributed by atoms with Crippen LogP contribution in [0.25, 0.3) is 0 Å². The fourth-order valence-electron chi connectivity index (χ4n) is 3.44. The van der Waals surface area contributed by atoms with E-state index in [9.17, 15) is 4.79 Å². The molecule has 2 aliphatic carbocycles. The molecular formula is C13H23NO2. The maximum Gasteiger partial charge on any atom is 0.304 e. The summed E-state index contributed by atoms with van der Waals surface area (Å²) in [7, 11) is 0. The molecule has 92 valence electrons. The molecule has 0 spiro atoms. The minimum Gasteiger partial charge on any atom is -0.481 e. The van der Waals surface area contributed by atoms with Gasteiger partial charge in [0.25, 0.3) is 0 Å². The van der Waals surface area contributed by atoms with Gasteiger partial charge in [0.2, 0.25) is 0 Å². The Balaban J connectivity index is 1.70. The minimum absolute atomic E-state index is 0.255. The van der Waals surface area contributed by atoms with Gasteiger partial charge in [0, 0.05) is 12.6 Å². The summed E-state index contributed by atoms with van der Waals surface area (Å²) in [5.74, 6) is 1.20. The molecule has 3 unspecified atom stereocenters. The van der Waals surface area contributed by atoms with Gasteiger partial charge < -0.3 is 10.4 Å². The van der Waals surface area contributed by atoms with E-state index < -0.39 is 5.97 Å². The third-order valence-corrected chi connectivity index (χ3v) is 4.31. The highest BCUT2D eigenvalue weighted by Gasteiger charge is 2.31. The van der Waals surface area contributed by atoms with Gasteiger partial charge in [0.05, 0.1) is 6.42 Å². The standard InChI is InChI=1S/C13H23NO2/c15-13(16)7-8-14-12-6-5-10-3-1-2-4-11(10)9-12/h10-12,14H,1-9H2,(H,15,16). The molecule has 0 bridgehead atoms. The van der Waals surface area contributed by atoms with Gasteiger partial charge >= 0.3 is 5.97 Å². The Bertz CT molecular complexity index is 242. The van der Waals surface area contributed by atoms with Crippen molar-refractivity contribution in [3.05, 3.63) is 0 Å². The van der Waals surface area contributed by atoms with Crippen LogP contribution >= 0.6 is 0 Å². The van der Waals surface area contributed by atoms with E-state index in [0.717, 1.165) is 11.8 Å². The molecule has 2 aliphatic rings. The van der Waals surface area contributed by atoms with E-state index in [1.54, 1.807) is 0 Å². The van der Waals surface area contributed by atoms with E-state index in [2.05, 4.69) is 5.32 Å². The van der Waals surface area contributed by atoms with Gasteiger partial charge in [-0.3, -0.25) is 4.79 Å². The lowest BCUT2D eigenvalue weighted by Gasteiger charge is -2.39. The van der Waals surface area contributed by atoms with E-state index >= 15 is 0 Å². The topological polar surface area (TPSA) is 49.3 Å². The first-order chi connectivity index (χ1) is 7.75. The van der Waals surface area contributed by atoms with Gasteiger partial charge in [-0.2, -0.15) is 0 Å². The highest BCUT2D eigenvalue weighted by Crippen LogP contribution is 2.40. The number of carbonyl (C=O) groups is 1. The Morgan fingerprint density at radius 1 is 1.12 bits per heavy atom. The van der Waals surface area contributed by atoms with Crippen LogP contribution in [-0.2, 0) is 4.79 Å². The molecule has 3 atom stereocenters. The largest absolute Gasteiger partial charge is 0.481 e. The molecular weight excluding hydrogens is 202 g/mol. The third kappa shape index (κ3) is 3.21. The normalized spacial score (nSPS) is 34.4. The smallest absolute Gasteiger partial charge is 0.304 e. The molecule has 0 aromatic heterocycles. The van der Waals surface area contributed by atoms with Crippen LogP contribution < -0.4 is 5.32 Å². The number of nitrogens with one attached hydrogen (secondary N) is 1. The number of fused-ring (bicyclic) bond motifs is 1. The van der Waals surface area contributed by atoms with Crippen LogP contribution in [0.1, 0.15) is 51.4 Å². The first-order valence-corrected chi connectivity index (χ1v) is 6.71. The lowest BCUT2D eigenvalue weighted by Crippen LogP contribution is -2.39. The van der Waals surface area contributed by atoms with Crippen molar-refractivity contribution >= 4 is 5.97 Å². The Hall–Kier alpha value is -0.570. The molecule has 0 saturated heterocycles. The van der Waals surface area contributed by atoms with Crippen molar-refractivity contribution in [1.82, 2.24) is 5.32 Å². The minimum atomic E-state index is -0.696. The molecule has 16 heavy (non-hydrogen) atoms. The number of rotatable bonds is 4. The van der Waals surface area contributed by atoms with Crippen LogP contribution in [0.4, 0.5) is 0 Å². The third-order valence-electron chi connectivity index (χ3n) is 4.31. The van der Waals surface area contributed by atoms with E-state index in [4.69, 9.17) is 5.11 Å². The second-order valence-corrected chi connectivity index (χ2v) is 5.41. The molecule has 0 aromatic carbocycles. The zero-order chi connectivity index (χ0) is 11.4. The molecule has 3 nitrogen and oxygen atoms in total. The van der Waals surface area contributed by atoms with Crippen molar-refractivity contribution in [2.45, 2.75) is 57.4 Å². The summed E-state index contributed by atoms with van der Waals surface area (Å²) >= 11 is 0. The molecule has 0 radical (unpaired) electrons. The first-order valence-electron chi connectivity index (χ1n) is 6.71. The van der Waals surface area contributed by atoms with Crippen LogP contribution in [0.2, 0.25) is 0 Å². The van der Waals surface area contributed by atoms with Gasteiger partial charge in [0.15, 0.2) is 0 Å². The van der Waals surface area contributed by atoms with Crippen molar-refractivity contribution in [3.63, 3.8) is 0 Å². The lowest BCUT2D eigenvalue weighted by molar-refractivity contribution is -0.136. The zero-order valence-corrected chi connectivity index (χ0v) is 9.95. The number of carboxylic acids is 1. The van der Waals surface area contributed by atoms with E-state index in [1.165, 1.54) is 44.9 Å². The van der Waals surface area contributed by atoms with Crippen molar-refractivity contribution in [1.29, 1.82) is 0 Å². The number of aliphatic carboxylic acids is 1. The monoisotopic (exact) mass is 225 g/mol. The van der Waals surface area contributed by atoms with Gasteiger partial charge in [-0.05, 0) is 31.1 Å². The second kappa shape index (κ2) is 5.67. The molecule has 2 saturated carbocycles.